The van der Waals surface area contributed by atoms with Crippen LogP contribution in [0.15, 0.2) is 47.4 Å². The molecule has 146 valence electrons. The lowest BCUT2D eigenvalue weighted by Gasteiger charge is -2.14. The summed E-state index contributed by atoms with van der Waals surface area (Å²) in [6.07, 6.45) is 2.61. The molecule has 1 fully saturated rings. The summed E-state index contributed by atoms with van der Waals surface area (Å²) < 4.78 is 5.75. The molecule has 1 aliphatic rings. The zero-order chi connectivity index (χ0) is 20.3. The number of thioether (sulfide) groups is 1. The number of amides is 2. The van der Waals surface area contributed by atoms with Crippen LogP contribution in [0.5, 0.6) is 5.75 Å². The third-order valence-electron chi connectivity index (χ3n) is 4.28. The first-order valence-corrected chi connectivity index (χ1v) is 10.4. The zero-order valence-electron chi connectivity index (χ0n) is 15.4. The van der Waals surface area contributed by atoms with E-state index in [0.717, 1.165) is 29.3 Å². The maximum Gasteiger partial charge on any atom is 0.293 e. The first kappa shape index (κ1) is 20.8. The molecule has 1 aliphatic heterocycles. The molecule has 7 heteroatoms. The minimum absolute atomic E-state index is 0.0627. The molecule has 0 aromatic heterocycles. The second-order valence-electron chi connectivity index (χ2n) is 6.42. The quantitative estimate of drug-likeness (QED) is 0.491. The van der Waals surface area contributed by atoms with Crippen molar-refractivity contribution in [3.05, 3.63) is 68.5 Å². The van der Waals surface area contributed by atoms with Crippen LogP contribution in [0.3, 0.4) is 0 Å². The van der Waals surface area contributed by atoms with Crippen LogP contribution < -0.4 is 4.74 Å². The third kappa shape index (κ3) is 4.90. The molecule has 1 heterocycles. The summed E-state index contributed by atoms with van der Waals surface area (Å²) >= 11 is 13.1. The lowest BCUT2D eigenvalue weighted by atomic mass is 10.2. The molecule has 0 aliphatic carbocycles. The molecule has 2 aromatic carbocycles. The second-order valence-corrected chi connectivity index (χ2v) is 8.26. The molecule has 0 N–H and O–H groups in total. The smallest absolute Gasteiger partial charge is 0.293 e. The van der Waals surface area contributed by atoms with Gasteiger partial charge >= 0.3 is 0 Å². The average molecular weight is 436 g/mol. The van der Waals surface area contributed by atoms with Crippen LogP contribution in [0.4, 0.5) is 4.79 Å². The van der Waals surface area contributed by atoms with E-state index in [9.17, 15) is 9.59 Å². The number of rotatable bonds is 6. The molecule has 1 saturated heterocycles. The fourth-order valence-corrected chi connectivity index (χ4v) is 3.76. The number of nitrogens with zero attached hydrogens (tertiary/aromatic N) is 1. The molecule has 0 saturated carbocycles. The Labute approximate surface area is 178 Å². The highest BCUT2D eigenvalue weighted by Crippen LogP contribution is 2.35. The molecule has 1 atom stereocenters. The van der Waals surface area contributed by atoms with Crippen molar-refractivity contribution in [3.63, 3.8) is 0 Å². The molecule has 2 amide bonds. The number of ether oxygens (including phenoxy) is 1. The van der Waals surface area contributed by atoms with Crippen molar-refractivity contribution in [2.75, 3.05) is 0 Å². The minimum atomic E-state index is -0.319. The van der Waals surface area contributed by atoms with Crippen LogP contribution >= 0.6 is 35.0 Å². The second kappa shape index (κ2) is 9.03. The number of hydrogen-bond acceptors (Lipinski definition) is 4. The Balaban J connectivity index is 1.76. The lowest BCUT2D eigenvalue weighted by Crippen LogP contribution is -2.27. The molecule has 0 bridgehead atoms. The van der Waals surface area contributed by atoms with E-state index >= 15 is 0 Å². The third-order valence-corrected chi connectivity index (χ3v) is 5.74. The highest BCUT2D eigenvalue weighted by Gasteiger charge is 2.35. The normalized spacial score (nSPS) is 16.7. The number of imide groups is 1. The monoisotopic (exact) mass is 435 g/mol. The zero-order valence-corrected chi connectivity index (χ0v) is 17.8. The van der Waals surface area contributed by atoms with Gasteiger partial charge in [-0.2, -0.15) is 0 Å². The molecular formula is C21H19Cl2NO3S. The van der Waals surface area contributed by atoms with Crippen molar-refractivity contribution in [3.8, 4) is 5.75 Å². The summed E-state index contributed by atoms with van der Waals surface area (Å²) in [6, 6.07) is 12.4. The molecular weight excluding hydrogens is 417 g/mol. The predicted molar refractivity (Wildman–Crippen MR) is 115 cm³/mol. The van der Waals surface area contributed by atoms with Gasteiger partial charge in [-0.1, -0.05) is 48.3 Å². The number of halogens is 2. The predicted octanol–water partition coefficient (Wildman–Crippen LogP) is 6.41. The van der Waals surface area contributed by atoms with Gasteiger partial charge in [-0.15, -0.1) is 0 Å². The van der Waals surface area contributed by atoms with Gasteiger partial charge in [0.05, 0.1) is 22.6 Å². The van der Waals surface area contributed by atoms with Crippen molar-refractivity contribution in [1.29, 1.82) is 0 Å². The average Bonchev–Trinajstić information content (AvgIpc) is 2.93. The Bertz CT molecular complexity index is 928. The van der Waals surface area contributed by atoms with Gasteiger partial charge in [0.25, 0.3) is 11.1 Å². The Morgan fingerprint density at radius 2 is 1.86 bits per heavy atom. The van der Waals surface area contributed by atoms with Crippen molar-refractivity contribution in [2.24, 2.45) is 0 Å². The number of carbonyl (C=O) groups excluding carboxylic acids is 2. The van der Waals surface area contributed by atoms with E-state index in [0.29, 0.717) is 20.7 Å². The number of carbonyl (C=O) groups is 2. The van der Waals surface area contributed by atoms with Gasteiger partial charge in [-0.05, 0) is 66.6 Å². The van der Waals surface area contributed by atoms with E-state index in [1.807, 2.05) is 19.9 Å². The van der Waals surface area contributed by atoms with Gasteiger partial charge in [0, 0.05) is 5.02 Å². The van der Waals surface area contributed by atoms with Crippen LogP contribution in [0.25, 0.3) is 6.08 Å². The van der Waals surface area contributed by atoms with Gasteiger partial charge in [-0.25, -0.2) is 0 Å². The largest absolute Gasteiger partial charge is 0.489 e. The summed E-state index contributed by atoms with van der Waals surface area (Å²) in [6.45, 7) is 4.22. The number of hydrogen-bond donors (Lipinski definition) is 0. The highest BCUT2D eigenvalue weighted by atomic mass is 35.5. The van der Waals surface area contributed by atoms with Gasteiger partial charge in [0.2, 0.25) is 0 Å². The molecule has 2 aromatic rings. The molecule has 3 rings (SSSR count). The standard InChI is InChI=1S/C21H19Cl2NO3S/c1-3-13(2)27-18-9-6-15(10-17(18)23)11-19-20(25)24(21(26)28-19)12-14-4-7-16(22)8-5-14/h4-11,13H,3,12H2,1-2H3/b19-11-/t13-/m1/s1. The maximum atomic E-state index is 12.7. The Hall–Kier alpha value is -1.95. The fraction of sp³-hybridized carbons (Fsp3) is 0.238. The summed E-state index contributed by atoms with van der Waals surface area (Å²) in [7, 11) is 0. The van der Waals surface area contributed by atoms with Crippen molar-refractivity contribution >= 4 is 52.2 Å². The molecule has 28 heavy (non-hydrogen) atoms. The Kier molecular flexibility index (Phi) is 6.70. The topological polar surface area (TPSA) is 46.6 Å². The molecule has 4 nitrogen and oxygen atoms in total. The molecule has 0 unspecified atom stereocenters. The van der Waals surface area contributed by atoms with Crippen LogP contribution in [0.2, 0.25) is 10.0 Å². The van der Waals surface area contributed by atoms with E-state index in [1.165, 1.54) is 4.90 Å². The van der Waals surface area contributed by atoms with Gasteiger partial charge < -0.3 is 4.74 Å². The van der Waals surface area contributed by atoms with E-state index < -0.39 is 0 Å². The van der Waals surface area contributed by atoms with E-state index in [4.69, 9.17) is 27.9 Å². The van der Waals surface area contributed by atoms with Crippen LogP contribution in [-0.4, -0.2) is 22.2 Å². The lowest BCUT2D eigenvalue weighted by molar-refractivity contribution is -0.123. The molecule has 0 radical (unpaired) electrons. The van der Waals surface area contributed by atoms with E-state index in [2.05, 4.69) is 0 Å². The minimum Gasteiger partial charge on any atom is -0.489 e. The maximum absolute atomic E-state index is 12.7. The number of benzene rings is 2. The Morgan fingerprint density at radius 1 is 1.14 bits per heavy atom. The van der Waals surface area contributed by atoms with Crippen LogP contribution in [0.1, 0.15) is 31.4 Å². The molecule has 0 spiro atoms. The summed E-state index contributed by atoms with van der Waals surface area (Å²) in [5.74, 6) is 0.282. The van der Waals surface area contributed by atoms with Crippen LogP contribution in [-0.2, 0) is 11.3 Å². The van der Waals surface area contributed by atoms with Gasteiger partial charge in [-0.3, -0.25) is 14.5 Å². The van der Waals surface area contributed by atoms with Gasteiger partial charge in [0.15, 0.2) is 0 Å². The SMILES string of the molecule is CC[C@@H](C)Oc1ccc(/C=C2\SC(=O)N(Cc3ccc(Cl)cc3)C2=O)cc1Cl. The van der Waals surface area contributed by atoms with Crippen molar-refractivity contribution in [2.45, 2.75) is 32.9 Å². The summed E-state index contributed by atoms with van der Waals surface area (Å²) in [5.41, 5.74) is 1.57. The van der Waals surface area contributed by atoms with Crippen molar-refractivity contribution in [1.82, 2.24) is 4.90 Å². The van der Waals surface area contributed by atoms with Crippen LogP contribution in [0, 0.1) is 0 Å². The summed E-state index contributed by atoms with van der Waals surface area (Å²) in [5, 5.41) is 0.777. The van der Waals surface area contributed by atoms with Crippen molar-refractivity contribution < 1.29 is 14.3 Å². The highest BCUT2D eigenvalue weighted by molar-refractivity contribution is 8.18. The van der Waals surface area contributed by atoms with E-state index in [-0.39, 0.29) is 23.8 Å². The van der Waals surface area contributed by atoms with Gasteiger partial charge in [0.1, 0.15) is 5.75 Å². The first-order chi connectivity index (χ1) is 13.4. The summed E-state index contributed by atoms with van der Waals surface area (Å²) in [4.78, 5) is 26.5. The Morgan fingerprint density at radius 3 is 2.50 bits per heavy atom. The fourth-order valence-electron chi connectivity index (χ4n) is 2.56. The van der Waals surface area contributed by atoms with E-state index in [1.54, 1.807) is 42.5 Å². The first-order valence-electron chi connectivity index (χ1n) is 8.83.